The van der Waals surface area contributed by atoms with Gasteiger partial charge in [-0.15, -0.1) is 0 Å². The predicted octanol–water partition coefficient (Wildman–Crippen LogP) is 13.7. The fourth-order valence-electron chi connectivity index (χ4n) is 6.78. The summed E-state index contributed by atoms with van der Waals surface area (Å²) in [5.41, 5.74) is 0. The number of ether oxygens (including phenoxy) is 2. The van der Waals surface area contributed by atoms with E-state index in [4.69, 9.17) is 18.5 Å². The monoisotopic (exact) mass is 816 g/mol. The minimum atomic E-state index is -4.35. The van der Waals surface area contributed by atoms with E-state index in [2.05, 4.69) is 31.3 Å². The number of likely N-dealkylation sites (N-methyl/N-ethyl adjacent to an activating group) is 1. The van der Waals surface area contributed by atoms with Crippen LogP contribution in [-0.4, -0.2) is 56.3 Å². The zero-order chi connectivity index (χ0) is 41.1. The zero-order valence-corrected chi connectivity index (χ0v) is 37.7. The maximum absolute atomic E-state index is 12.6. The van der Waals surface area contributed by atoms with Gasteiger partial charge in [-0.25, -0.2) is 4.57 Å². The highest BCUT2D eigenvalue weighted by Gasteiger charge is 2.26. The van der Waals surface area contributed by atoms with E-state index in [-0.39, 0.29) is 32.0 Å². The molecule has 0 aliphatic carbocycles. The molecule has 0 aliphatic heterocycles. The molecule has 0 aromatic rings. The highest BCUT2D eigenvalue weighted by Crippen LogP contribution is 2.43. The Morgan fingerprint density at radius 3 is 1.34 bits per heavy atom. The van der Waals surface area contributed by atoms with E-state index in [9.17, 15) is 19.0 Å². The lowest BCUT2D eigenvalue weighted by Crippen LogP contribution is -2.29. The normalized spacial score (nSPS) is 13.3. The Morgan fingerprint density at radius 2 is 0.911 bits per heavy atom. The molecule has 56 heavy (non-hydrogen) atoms. The molecule has 0 saturated heterocycles. The van der Waals surface area contributed by atoms with E-state index in [1.54, 1.807) is 7.05 Å². The number of carbonyl (C=O) groups excluding carboxylic acids is 2. The number of esters is 2. The molecule has 2 atom stereocenters. The molecular formula is C46H90NO8P. The van der Waals surface area contributed by atoms with E-state index >= 15 is 0 Å². The molecule has 0 heterocycles. The lowest BCUT2D eigenvalue weighted by Gasteiger charge is -2.20. The molecular weight excluding hydrogens is 725 g/mol. The number of phosphoric acid groups is 1. The minimum absolute atomic E-state index is 0.0149. The summed E-state index contributed by atoms with van der Waals surface area (Å²) in [5.74, 6) is -0.804. The van der Waals surface area contributed by atoms with Crippen LogP contribution in [0.5, 0.6) is 0 Å². The van der Waals surface area contributed by atoms with E-state index in [1.807, 2.05) is 0 Å². The lowest BCUT2D eigenvalue weighted by molar-refractivity contribution is -0.161. The molecule has 332 valence electrons. The maximum atomic E-state index is 12.6. The predicted molar refractivity (Wildman–Crippen MR) is 234 cm³/mol. The van der Waals surface area contributed by atoms with Crippen LogP contribution in [0, 0.1) is 0 Å². The van der Waals surface area contributed by atoms with Gasteiger partial charge in [0.25, 0.3) is 0 Å². The fourth-order valence-corrected chi connectivity index (χ4v) is 7.54. The molecule has 0 rings (SSSR count). The maximum Gasteiger partial charge on any atom is 0.472 e. The van der Waals surface area contributed by atoms with Gasteiger partial charge < -0.3 is 19.7 Å². The molecule has 2 unspecified atom stereocenters. The first-order chi connectivity index (χ1) is 27.3. The Labute approximate surface area is 345 Å². The molecule has 10 heteroatoms. The van der Waals surface area contributed by atoms with Crippen molar-refractivity contribution >= 4 is 19.8 Å². The van der Waals surface area contributed by atoms with Crippen LogP contribution in [-0.2, 0) is 32.7 Å². The Balaban J connectivity index is 4.10. The molecule has 0 amide bonds. The molecule has 9 nitrogen and oxygen atoms in total. The van der Waals surface area contributed by atoms with Crippen LogP contribution < -0.4 is 5.32 Å². The highest BCUT2D eigenvalue weighted by molar-refractivity contribution is 7.47. The summed E-state index contributed by atoms with van der Waals surface area (Å²) in [6.45, 7) is 4.24. The largest absolute Gasteiger partial charge is 0.472 e. The van der Waals surface area contributed by atoms with Gasteiger partial charge in [-0.05, 0) is 45.6 Å². The quantitative estimate of drug-likeness (QED) is 0.0268. The van der Waals surface area contributed by atoms with Gasteiger partial charge in [0.2, 0.25) is 0 Å². The summed E-state index contributed by atoms with van der Waals surface area (Å²) in [6, 6.07) is 0. The van der Waals surface area contributed by atoms with E-state index in [0.29, 0.717) is 13.0 Å². The summed E-state index contributed by atoms with van der Waals surface area (Å²) in [7, 11) is -2.64. The Bertz CT molecular complexity index is 933. The van der Waals surface area contributed by atoms with Gasteiger partial charge in [-0.1, -0.05) is 193 Å². The van der Waals surface area contributed by atoms with Crippen molar-refractivity contribution in [1.29, 1.82) is 0 Å². The van der Waals surface area contributed by atoms with E-state index in [0.717, 1.165) is 51.4 Å². The molecule has 0 saturated carbocycles. The molecule has 2 N–H and O–H groups in total. The molecule has 0 fully saturated rings. The van der Waals surface area contributed by atoms with E-state index in [1.165, 1.54) is 148 Å². The first-order valence-electron chi connectivity index (χ1n) is 23.6. The van der Waals surface area contributed by atoms with Crippen LogP contribution in [0.15, 0.2) is 12.2 Å². The third-order valence-electron chi connectivity index (χ3n) is 10.4. The summed E-state index contributed by atoms with van der Waals surface area (Å²) in [4.78, 5) is 35.1. The first-order valence-corrected chi connectivity index (χ1v) is 25.1. The zero-order valence-electron chi connectivity index (χ0n) is 36.9. The van der Waals surface area contributed by atoms with Crippen molar-refractivity contribution in [3.63, 3.8) is 0 Å². The topological polar surface area (TPSA) is 120 Å². The smallest absolute Gasteiger partial charge is 0.462 e. The number of unbranched alkanes of at least 4 members (excludes halogenated alkanes) is 29. The molecule has 0 aromatic heterocycles. The average Bonchev–Trinajstić information content (AvgIpc) is 3.18. The van der Waals surface area contributed by atoms with Gasteiger partial charge in [-0.3, -0.25) is 18.6 Å². The number of nitrogens with one attached hydrogen (secondary N) is 1. The minimum Gasteiger partial charge on any atom is -0.462 e. The Hall–Kier alpha value is -1.25. The van der Waals surface area contributed by atoms with Crippen molar-refractivity contribution in [3.05, 3.63) is 12.2 Å². The molecule has 0 radical (unpaired) electrons. The van der Waals surface area contributed by atoms with Gasteiger partial charge in [0.15, 0.2) is 6.10 Å². The standard InChI is InChI=1S/C46H90NO8P/c1-4-6-8-10-12-14-16-18-19-20-21-22-23-24-25-27-29-31-33-35-37-39-46(49)55-44(43-54-56(50,51)53-41-40-47-3)42-52-45(48)38-36-34-32-30-28-26-17-15-13-11-9-7-5-2/h15,17,44,47H,4-14,16,18-43H2,1-3H3,(H,50,51)/b17-15-. The van der Waals surface area contributed by atoms with Gasteiger partial charge in [0.1, 0.15) is 6.61 Å². The van der Waals surface area contributed by atoms with Crippen LogP contribution in [0.4, 0.5) is 0 Å². The summed E-state index contributed by atoms with van der Waals surface area (Å²) in [5, 5.41) is 2.83. The van der Waals surface area contributed by atoms with Crippen LogP contribution in [0.3, 0.4) is 0 Å². The lowest BCUT2D eigenvalue weighted by atomic mass is 10.0. The van der Waals surface area contributed by atoms with Gasteiger partial charge in [0, 0.05) is 19.4 Å². The first kappa shape index (κ1) is 54.8. The van der Waals surface area contributed by atoms with Gasteiger partial charge in [-0.2, -0.15) is 0 Å². The van der Waals surface area contributed by atoms with Crippen molar-refractivity contribution in [2.45, 2.75) is 238 Å². The van der Waals surface area contributed by atoms with E-state index < -0.39 is 26.5 Å². The van der Waals surface area contributed by atoms with Gasteiger partial charge >= 0.3 is 19.8 Å². The molecule has 0 spiro atoms. The van der Waals surface area contributed by atoms with Crippen molar-refractivity contribution < 1.29 is 37.6 Å². The summed E-state index contributed by atoms with van der Waals surface area (Å²) >= 11 is 0. The van der Waals surface area contributed by atoms with Crippen molar-refractivity contribution in [3.8, 4) is 0 Å². The molecule has 0 aromatic carbocycles. The number of allylic oxidation sites excluding steroid dienone is 2. The fraction of sp³-hybridized carbons (Fsp3) is 0.913. The Kier molecular flexibility index (Phi) is 42.4. The van der Waals surface area contributed by atoms with Crippen LogP contribution in [0.1, 0.15) is 232 Å². The second-order valence-electron chi connectivity index (χ2n) is 15.9. The third-order valence-corrected chi connectivity index (χ3v) is 11.4. The van der Waals surface area contributed by atoms with Crippen molar-refractivity contribution in [2.24, 2.45) is 0 Å². The van der Waals surface area contributed by atoms with Crippen LogP contribution in [0.25, 0.3) is 0 Å². The summed E-state index contributed by atoms with van der Waals surface area (Å²) in [6.07, 6.45) is 44.0. The number of carbonyl (C=O) groups is 2. The van der Waals surface area contributed by atoms with Gasteiger partial charge in [0.05, 0.1) is 13.2 Å². The number of phosphoric ester groups is 1. The molecule has 0 bridgehead atoms. The Morgan fingerprint density at radius 1 is 0.536 bits per heavy atom. The highest BCUT2D eigenvalue weighted by atomic mass is 31.2. The number of hydrogen-bond acceptors (Lipinski definition) is 8. The van der Waals surface area contributed by atoms with Crippen molar-refractivity contribution in [2.75, 3.05) is 33.4 Å². The van der Waals surface area contributed by atoms with Crippen molar-refractivity contribution in [1.82, 2.24) is 5.32 Å². The summed E-state index contributed by atoms with van der Waals surface area (Å²) < 4.78 is 33.2. The SMILES string of the molecule is CCCCCC/C=C\CCCCCCCC(=O)OCC(COP(=O)(O)OCCNC)OC(=O)CCCCCCCCCCCCCCCCCCCCCCC. The number of rotatable bonds is 45. The third kappa shape index (κ3) is 42.4. The second-order valence-corrected chi connectivity index (χ2v) is 17.4. The second kappa shape index (κ2) is 43.3. The van der Waals surface area contributed by atoms with Crippen LogP contribution >= 0.6 is 7.82 Å². The number of hydrogen-bond donors (Lipinski definition) is 2. The van der Waals surface area contributed by atoms with Crippen LogP contribution in [0.2, 0.25) is 0 Å². The average molecular weight is 816 g/mol. The molecule has 0 aliphatic rings.